The van der Waals surface area contributed by atoms with Crippen LogP contribution < -0.4 is 17.7 Å². The van der Waals surface area contributed by atoms with Crippen molar-refractivity contribution in [1.29, 1.82) is 0 Å². The smallest absolute Gasteiger partial charge is 1.00 e. The highest BCUT2D eigenvalue weighted by molar-refractivity contribution is 6.30. The lowest BCUT2D eigenvalue weighted by molar-refractivity contribution is -0.00000392. The molecule has 0 aliphatic carbocycles. The molecule has 2 aromatic rings. The average Bonchev–Trinajstić information content (AvgIpc) is 2.52. The third-order valence-electron chi connectivity index (χ3n) is 3.82. The predicted molar refractivity (Wildman–Crippen MR) is 85.3 cm³/mol. The molecule has 0 bridgehead atoms. The van der Waals surface area contributed by atoms with Gasteiger partial charge in [0.15, 0.2) is 0 Å². The summed E-state index contributed by atoms with van der Waals surface area (Å²) in [5, 5.41) is 4.21. The number of halogens is 2. The van der Waals surface area contributed by atoms with E-state index in [-0.39, 0.29) is 13.8 Å². The molecule has 0 saturated carbocycles. The normalized spacial score (nSPS) is 17.0. The van der Waals surface area contributed by atoms with Crippen molar-refractivity contribution in [3.63, 3.8) is 0 Å². The SMILES string of the molecule is Clc1ccc(C(c2ccccc2)N2CCNCC2)cc1.[Cl-].[H+]. The van der Waals surface area contributed by atoms with Crippen LogP contribution in [0.15, 0.2) is 54.6 Å². The maximum Gasteiger partial charge on any atom is 1.00 e. The summed E-state index contributed by atoms with van der Waals surface area (Å²) in [4.78, 5) is 2.54. The second-order valence-corrected chi connectivity index (χ2v) is 5.59. The van der Waals surface area contributed by atoms with Crippen LogP contribution in [-0.2, 0) is 0 Å². The summed E-state index contributed by atoms with van der Waals surface area (Å²) >= 11 is 6.02. The fourth-order valence-electron chi connectivity index (χ4n) is 2.83. The predicted octanol–water partition coefficient (Wildman–Crippen LogP) is 0.451. The number of nitrogens with zero attached hydrogens (tertiary/aromatic N) is 1. The number of piperazine rings is 1. The molecule has 21 heavy (non-hydrogen) atoms. The molecule has 1 atom stereocenters. The third-order valence-corrected chi connectivity index (χ3v) is 4.07. The molecule has 2 aromatic carbocycles. The molecule has 1 saturated heterocycles. The van der Waals surface area contributed by atoms with Crippen LogP contribution in [0, 0.1) is 0 Å². The lowest BCUT2D eigenvalue weighted by Gasteiger charge is -2.35. The van der Waals surface area contributed by atoms with E-state index in [2.05, 4.69) is 52.7 Å². The summed E-state index contributed by atoms with van der Waals surface area (Å²) in [6, 6.07) is 19.3. The van der Waals surface area contributed by atoms with E-state index >= 15 is 0 Å². The molecular formula is C17H20Cl2N2. The molecule has 3 rings (SSSR count). The van der Waals surface area contributed by atoms with Gasteiger partial charge in [-0.3, -0.25) is 4.90 Å². The number of nitrogens with one attached hydrogen (secondary N) is 1. The third kappa shape index (κ3) is 3.98. The van der Waals surface area contributed by atoms with E-state index in [1.807, 2.05) is 12.1 Å². The second-order valence-electron chi connectivity index (χ2n) is 5.15. The van der Waals surface area contributed by atoms with Gasteiger partial charge in [-0.25, -0.2) is 0 Å². The zero-order chi connectivity index (χ0) is 13.8. The van der Waals surface area contributed by atoms with E-state index in [0.29, 0.717) is 6.04 Å². The van der Waals surface area contributed by atoms with Crippen molar-refractivity contribution < 1.29 is 13.8 Å². The molecule has 1 aliphatic heterocycles. The Balaban J connectivity index is 0.00000121. The molecule has 1 fully saturated rings. The van der Waals surface area contributed by atoms with E-state index in [4.69, 9.17) is 11.6 Å². The summed E-state index contributed by atoms with van der Waals surface area (Å²) in [6.45, 7) is 4.25. The van der Waals surface area contributed by atoms with E-state index in [0.717, 1.165) is 31.2 Å². The summed E-state index contributed by atoms with van der Waals surface area (Å²) in [5.41, 5.74) is 2.65. The van der Waals surface area contributed by atoms with Gasteiger partial charge in [-0.1, -0.05) is 54.1 Å². The van der Waals surface area contributed by atoms with Crippen LogP contribution >= 0.6 is 11.6 Å². The Morgan fingerprint density at radius 1 is 0.905 bits per heavy atom. The molecule has 0 amide bonds. The Labute approximate surface area is 139 Å². The van der Waals surface area contributed by atoms with E-state index in [1.54, 1.807) is 0 Å². The fraction of sp³-hybridized carbons (Fsp3) is 0.294. The number of hydrogen-bond acceptors (Lipinski definition) is 2. The molecule has 1 N–H and O–H groups in total. The van der Waals surface area contributed by atoms with Gasteiger partial charge in [-0.2, -0.15) is 0 Å². The zero-order valence-electron chi connectivity index (χ0n) is 12.8. The first kappa shape index (κ1) is 16.3. The Morgan fingerprint density at radius 2 is 1.48 bits per heavy atom. The minimum atomic E-state index is 0. The van der Waals surface area contributed by atoms with Crippen LogP contribution in [0.4, 0.5) is 0 Å². The quantitative estimate of drug-likeness (QED) is 0.882. The van der Waals surface area contributed by atoms with Crippen LogP contribution in [-0.4, -0.2) is 31.1 Å². The molecule has 1 unspecified atom stereocenters. The van der Waals surface area contributed by atoms with Crippen LogP contribution in [0.1, 0.15) is 18.6 Å². The number of benzene rings is 2. The molecule has 0 radical (unpaired) electrons. The van der Waals surface area contributed by atoms with Crippen molar-refractivity contribution in [3.05, 3.63) is 70.7 Å². The Morgan fingerprint density at radius 3 is 2.10 bits per heavy atom. The van der Waals surface area contributed by atoms with Crippen LogP contribution in [0.2, 0.25) is 5.02 Å². The van der Waals surface area contributed by atoms with Crippen LogP contribution in [0.3, 0.4) is 0 Å². The Kier molecular flexibility index (Phi) is 6.07. The van der Waals surface area contributed by atoms with Gasteiger partial charge >= 0.3 is 1.43 Å². The van der Waals surface area contributed by atoms with Gasteiger partial charge in [0, 0.05) is 31.2 Å². The highest BCUT2D eigenvalue weighted by atomic mass is 35.5. The van der Waals surface area contributed by atoms with E-state index in [1.165, 1.54) is 11.1 Å². The van der Waals surface area contributed by atoms with Crippen molar-refractivity contribution in [2.75, 3.05) is 26.2 Å². The molecule has 112 valence electrons. The van der Waals surface area contributed by atoms with Gasteiger partial charge in [-0.15, -0.1) is 0 Å². The first-order chi connectivity index (χ1) is 9.84. The van der Waals surface area contributed by atoms with Crippen molar-refractivity contribution in [2.24, 2.45) is 0 Å². The zero-order valence-corrected chi connectivity index (χ0v) is 13.3. The lowest BCUT2D eigenvalue weighted by atomic mass is 9.96. The largest absolute Gasteiger partial charge is 1.00 e. The molecule has 0 aromatic heterocycles. The highest BCUT2D eigenvalue weighted by Gasteiger charge is 2.23. The summed E-state index contributed by atoms with van der Waals surface area (Å²) in [6.07, 6.45) is 0. The topological polar surface area (TPSA) is 15.3 Å². The maximum atomic E-state index is 6.02. The van der Waals surface area contributed by atoms with Gasteiger partial charge in [0.1, 0.15) is 0 Å². The first-order valence-corrected chi connectivity index (χ1v) is 7.47. The second kappa shape index (κ2) is 7.81. The molecule has 2 nitrogen and oxygen atoms in total. The first-order valence-electron chi connectivity index (χ1n) is 7.10. The van der Waals surface area contributed by atoms with Gasteiger partial charge in [0.05, 0.1) is 6.04 Å². The fourth-order valence-corrected chi connectivity index (χ4v) is 2.96. The molecular weight excluding hydrogens is 303 g/mol. The lowest BCUT2D eigenvalue weighted by Crippen LogP contribution is -3.00. The maximum absolute atomic E-state index is 6.02. The molecule has 0 spiro atoms. The summed E-state index contributed by atoms with van der Waals surface area (Å²) in [5.74, 6) is 0. The van der Waals surface area contributed by atoms with Crippen LogP contribution in [0.25, 0.3) is 0 Å². The molecule has 1 aliphatic rings. The summed E-state index contributed by atoms with van der Waals surface area (Å²) < 4.78 is 0. The van der Waals surface area contributed by atoms with Crippen molar-refractivity contribution in [2.45, 2.75) is 6.04 Å². The van der Waals surface area contributed by atoms with Crippen molar-refractivity contribution in [3.8, 4) is 0 Å². The van der Waals surface area contributed by atoms with Gasteiger partial charge in [0.2, 0.25) is 0 Å². The number of rotatable bonds is 3. The van der Waals surface area contributed by atoms with Gasteiger partial charge < -0.3 is 17.7 Å². The highest BCUT2D eigenvalue weighted by Crippen LogP contribution is 2.29. The molecule has 1 heterocycles. The summed E-state index contributed by atoms with van der Waals surface area (Å²) in [7, 11) is 0. The van der Waals surface area contributed by atoms with Crippen molar-refractivity contribution in [1.82, 2.24) is 10.2 Å². The van der Waals surface area contributed by atoms with Crippen LogP contribution in [0.5, 0.6) is 0 Å². The Hall–Kier alpha value is -1.06. The van der Waals surface area contributed by atoms with Gasteiger partial charge in [-0.05, 0) is 23.3 Å². The monoisotopic (exact) mass is 322 g/mol. The minimum absolute atomic E-state index is 0. The van der Waals surface area contributed by atoms with E-state index in [9.17, 15) is 0 Å². The van der Waals surface area contributed by atoms with Crippen molar-refractivity contribution >= 4 is 11.6 Å². The van der Waals surface area contributed by atoms with Gasteiger partial charge in [0.25, 0.3) is 0 Å². The number of hydrogen-bond donors (Lipinski definition) is 1. The standard InChI is InChI=1S/C17H19ClN2.ClH/c18-16-8-6-15(7-9-16)17(14-4-2-1-3-5-14)20-12-10-19-11-13-20;/h1-9,17,19H,10-13H2;1H. The molecule has 4 heteroatoms. The average molecular weight is 323 g/mol. The van der Waals surface area contributed by atoms with E-state index < -0.39 is 0 Å². The minimum Gasteiger partial charge on any atom is -1.00 e. The Bertz CT molecular complexity index is 542.